The van der Waals surface area contributed by atoms with Crippen molar-refractivity contribution >= 4 is 41.4 Å². The normalized spacial score (nSPS) is 24.4. The molecule has 272 valence electrons. The Morgan fingerprint density at radius 2 is 1.60 bits per heavy atom. The van der Waals surface area contributed by atoms with Crippen molar-refractivity contribution in [1.29, 1.82) is 0 Å². The van der Waals surface area contributed by atoms with Crippen LogP contribution >= 0.6 is 0 Å². The van der Waals surface area contributed by atoms with Gasteiger partial charge in [0.25, 0.3) is 17.7 Å². The van der Waals surface area contributed by atoms with Gasteiger partial charge in [0.2, 0.25) is 17.6 Å². The van der Waals surface area contributed by atoms with Gasteiger partial charge in [-0.15, -0.1) is 0 Å². The van der Waals surface area contributed by atoms with Crippen molar-refractivity contribution in [2.24, 2.45) is 39.7 Å². The van der Waals surface area contributed by atoms with Crippen LogP contribution in [0.2, 0.25) is 0 Å². The van der Waals surface area contributed by atoms with Gasteiger partial charge < -0.3 is 26.6 Å². The number of carbonyl (C=O) groups is 7. The lowest BCUT2D eigenvalue weighted by Crippen LogP contribution is -2.63. The van der Waals surface area contributed by atoms with Crippen molar-refractivity contribution in [3.05, 3.63) is 29.6 Å². The third-order valence-electron chi connectivity index (χ3n) is 11.3. The van der Waals surface area contributed by atoms with Gasteiger partial charge in [-0.2, -0.15) is 0 Å². The molecular weight excluding hydrogens is 642 g/mol. The fourth-order valence-corrected chi connectivity index (χ4v) is 7.70. The molecular formula is C36H51N7O7. The van der Waals surface area contributed by atoms with Gasteiger partial charge >= 0.3 is 6.03 Å². The molecule has 1 aromatic rings. The Labute approximate surface area is 293 Å². The summed E-state index contributed by atoms with van der Waals surface area (Å²) in [6.07, 6.45) is 5.92. The molecule has 0 radical (unpaired) electrons. The Balaban J connectivity index is 1.33. The van der Waals surface area contributed by atoms with Crippen LogP contribution in [0.25, 0.3) is 0 Å². The van der Waals surface area contributed by atoms with Crippen molar-refractivity contribution in [1.82, 2.24) is 30.7 Å². The fourth-order valence-electron chi connectivity index (χ4n) is 7.70. The van der Waals surface area contributed by atoms with E-state index < -0.39 is 76.3 Å². The zero-order chi connectivity index (χ0) is 37.1. The van der Waals surface area contributed by atoms with E-state index in [2.05, 4.69) is 20.9 Å². The van der Waals surface area contributed by atoms with E-state index in [4.69, 9.17) is 5.73 Å². The summed E-state index contributed by atoms with van der Waals surface area (Å²) in [6.45, 7) is 15.3. The number of rotatable bonds is 11. The quantitative estimate of drug-likeness (QED) is 0.199. The number of urea groups is 1. The number of Topliss-reactive ketones (excluding diaryl/α,β-unsaturated/α-hetero) is 1. The third kappa shape index (κ3) is 6.98. The maximum atomic E-state index is 14.4. The first-order valence-electron chi connectivity index (χ1n) is 17.5. The Morgan fingerprint density at radius 3 is 2.14 bits per heavy atom. The van der Waals surface area contributed by atoms with E-state index in [9.17, 15) is 33.6 Å². The van der Waals surface area contributed by atoms with E-state index in [-0.39, 0.29) is 40.8 Å². The molecule has 5 N–H and O–H groups in total. The Morgan fingerprint density at radius 1 is 0.960 bits per heavy atom. The molecule has 3 heterocycles. The number of nitrogens with one attached hydrogen (secondary N) is 3. The molecule has 7 amide bonds. The fraction of sp³-hybridized carbons (Fsp3) is 0.667. The minimum atomic E-state index is -1.12. The van der Waals surface area contributed by atoms with Crippen molar-refractivity contribution in [3.8, 4) is 0 Å². The SMILES string of the molecule is CC(C)(C)[C@H](NC(=O)N[C@H](CN1C(=O)c2ccncc2C1=O)C(C)(C)C)C(=O)N1C[C@H]2[C@@H](C1C(=O)NC(CC1CCC1)C(=O)C(N)=O)C2(C)C. The zero-order valence-corrected chi connectivity index (χ0v) is 30.3. The van der Waals surface area contributed by atoms with Gasteiger partial charge in [-0.3, -0.25) is 38.7 Å². The topological polar surface area (TPSA) is 201 Å². The predicted octanol–water partition coefficient (Wildman–Crippen LogP) is 2.02. The molecule has 1 saturated heterocycles. The van der Waals surface area contributed by atoms with Gasteiger partial charge in [0, 0.05) is 18.9 Å². The number of aromatic nitrogens is 1. The minimum Gasteiger partial charge on any atom is -0.363 e. The molecule has 2 aliphatic heterocycles. The zero-order valence-electron chi connectivity index (χ0n) is 30.3. The van der Waals surface area contributed by atoms with Crippen molar-refractivity contribution < 1.29 is 33.6 Å². The molecule has 3 fully saturated rings. The second kappa shape index (κ2) is 13.1. The van der Waals surface area contributed by atoms with Crippen LogP contribution in [0.1, 0.15) is 102 Å². The number of primary amides is 1. The van der Waals surface area contributed by atoms with Gasteiger partial charge in [0.1, 0.15) is 12.1 Å². The summed E-state index contributed by atoms with van der Waals surface area (Å²) < 4.78 is 0. The van der Waals surface area contributed by atoms with Gasteiger partial charge in [0.05, 0.1) is 29.8 Å². The molecule has 6 atom stereocenters. The first kappa shape index (κ1) is 36.9. The van der Waals surface area contributed by atoms with Gasteiger partial charge in [-0.05, 0) is 46.5 Å². The molecule has 14 nitrogen and oxygen atoms in total. The van der Waals surface area contributed by atoms with Crippen molar-refractivity contribution in [2.75, 3.05) is 13.1 Å². The molecule has 14 heteroatoms. The Bertz CT molecular complexity index is 1570. The highest BCUT2D eigenvalue weighted by atomic mass is 16.2. The second-order valence-electron chi connectivity index (χ2n) is 17.2. The molecule has 0 spiro atoms. The summed E-state index contributed by atoms with van der Waals surface area (Å²) in [5.41, 5.74) is 4.17. The summed E-state index contributed by atoms with van der Waals surface area (Å²) in [5.74, 6) is -3.84. The lowest BCUT2D eigenvalue weighted by Gasteiger charge is -2.39. The summed E-state index contributed by atoms with van der Waals surface area (Å²) in [5, 5.41) is 8.52. The first-order chi connectivity index (χ1) is 23.1. The average Bonchev–Trinajstić information content (AvgIpc) is 3.27. The molecule has 2 aliphatic carbocycles. The average molecular weight is 694 g/mol. The molecule has 5 rings (SSSR count). The van der Waals surface area contributed by atoms with Gasteiger partial charge in [-0.25, -0.2) is 4.79 Å². The van der Waals surface area contributed by atoms with Crippen LogP contribution in [0, 0.1) is 34.0 Å². The van der Waals surface area contributed by atoms with E-state index in [0.717, 1.165) is 24.2 Å². The van der Waals surface area contributed by atoms with Crippen LogP contribution in [0.4, 0.5) is 4.79 Å². The number of likely N-dealkylation sites (tertiary alicyclic amines) is 1. The highest BCUT2D eigenvalue weighted by Gasteiger charge is 2.70. The molecule has 2 saturated carbocycles. The van der Waals surface area contributed by atoms with Crippen LogP contribution in [-0.4, -0.2) is 93.4 Å². The summed E-state index contributed by atoms with van der Waals surface area (Å²) in [6, 6.07) is -2.92. The minimum absolute atomic E-state index is 0.0358. The smallest absolute Gasteiger partial charge is 0.315 e. The van der Waals surface area contributed by atoms with Crippen molar-refractivity contribution in [2.45, 2.75) is 105 Å². The van der Waals surface area contributed by atoms with Crippen LogP contribution in [0.3, 0.4) is 0 Å². The van der Waals surface area contributed by atoms with E-state index in [1.54, 1.807) is 20.8 Å². The van der Waals surface area contributed by atoms with Crippen LogP contribution < -0.4 is 21.7 Å². The number of piperidine rings is 1. The Kier molecular flexibility index (Phi) is 9.65. The Hall–Kier alpha value is -4.36. The molecule has 0 aromatic carbocycles. The number of fused-ring (bicyclic) bond motifs is 2. The molecule has 0 bridgehead atoms. The van der Waals surface area contributed by atoms with E-state index in [1.807, 2.05) is 34.6 Å². The lowest BCUT2D eigenvalue weighted by molar-refractivity contribution is -0.145. The predicted molar refractivity (Wildman–Crippen MR) is 182 cm³/mol. The number of hydrogen-bond acceptors (Lipinski definition) is 8. The van der Waals surface area contributed by atoms with Gasteiger partial charge in [-0.1, -0.05) is 74.7 Å². The highest BCUT2D eigenvalue weighted by Crippen LogP contribution is 2.65. The molecule has 4 aliphatic rings. The monoisotopic (exact) mass is 693 g/mol. The van der Waals surface area contributed by atoms with Crippen molar-refractivity contribution in [3.63, 3.8) is 0 Å². The summed E-state index contributed by atoms with van der Waals surface area (Å²) in [4.78, 5) is 99.5. The maximum Gasteiger partial charge on any atom is 0.315 e. The number of nitrogens with two attached hydrogens (primary N) is 1. The van der Waals surface area contributed by atoms with Gasteiger partial charge in [0.15, 0.2) is 0 Å². The number of hydrogen-bond donors (Lipinski definition) is 4. The number of imide groups is 1. The second-order valence-corrected chi connectivity index (χ2v) is 17.2. The number of amides is 7. The standard InChI is InChI=1S/C36H51N7O7/c1-34(2,3)23(17-43-30(47)19-12-13-38-15-20(19)31(43)48)40-33(50)41-27(35(4,5)6)32(49)42-16-21-24(36(21,7)8)25(42)29(46)39-22(26(44)28(37)45)14-18-10-9-11-18/h12-13,15,18,21-25,27H,9-11,14,16-17H2,1-8H3,(H2,37,45)(H,39,46)(H2,40,41,50)/t21-,22?,23+,24-,25?,27+/m0/s1. The summed E-state index contributed by atoms with van der Waals surface area (Å²) in [7, 11) is 0. The molecule has 50 heavy (non-hydrogen) atoms. The lowest BCUT2D eigenvalue weighted by atomic mass is 9.80. The highest BCUT2D eigenvalue weighted by molar-refractivity contribution is 6.37. The maximum absolute atomic E-state index is 14.4. The van der Waals surface area contributed by atoms with E-state index in [1.165, 1.54) is 23.4 Å². The first-order valence-corrected chi connectivity index (χ1v) is 17.5. The largest absolute Gasteiger partial charge is 0.363 e. The van der Waals surface area contributed by atoms with E-state index >= 15 is 0 Å². The number of pyridine rings is 1. The van der Waals surface area contributed by atoms with Crippen LogP contribution in [0.15, 0.2) is 18.5 Å². The summed E-state index contributed by atoms with van der Waals surface area (Å²) >= 11 is 0. The number of carbonyl (C=O) groups excluding carboxylic acids is 7. The molecule has 1 aromatic heterocycles. The molecule has 2 unspecified atom stereocenters. The van der Waals surface area contributed by atoms with Crippen LogP contribution in [-0.2, 0) is 19.2 Å². The third-order valence-corrected chi connectivity index (χ3v) is 11.3. The van der Waals surface area contributed by atoms with Crippen LogP contribution in [0.5, 0.6) is 0 Å². The number of nitrogens with zero attached hydrogens (tertiary/aromatic N) is 3. The number of ketones is 1. The van der Waals surface area contributed by atoms with E-state index in [0.29, 0.717) is 13.0 Å².